The SMILES string of the molecule is CNc1ccc(S(=O)(=O)Nc2cc(Cl)ccc2C)cc1. The van der Waals surface area contributed by atoms with Crippen molar-refractivity contribution in [2.75, 3.05) is 17.1 Å². The minimum atomic E-state index is -3.61. The van der Waals surface area contributed by atoms with E-state index in [1.165, 1.54) is 0 Å². The fraction of sp³-hybridized carbons (Fsp3) is 0.143. The van der Waals surface area contributed by atoms with Crippen LogP contribution in [-0.4, -0.2) is 15.5 Å². The van der Waals surface area contributed by atoms with Gasteiger partial charge in [0.05, 0.1) is 10.6 Å². The van der Waals surface area contributed by atoms with E-state index in [9.17, 15) is 8.42 Å². The summed E-state index contributed by atoms with van der Waals surface area (Å²) in [5.74, 6) is 0. The van der Waals surface area contributed by atoms with E-state index < -0.39 is 10.0 Å². The molecule has 0 unspecified atom stereocenters. The van der Waals surface area contributed by atoms with Crippen LogP contribution in [0.5, 0.6) is 0 Å². The largest absolute Gasteiger partial charge is 0.388 e. The second kappa shape index (κ2) is 5.73. The summed E-state index contributed by atoms with van der Waals surface area (Å²) in [7, 11) is -1.84. The second-order valence-corrected chi connectivity index (χ2v) is 6.46. The van der Waals surface area contributed by atoms with Crippen LogP contribution in [0.25, 0.3) is 0 Å². The zero-order chi connectivity index (χ0) is 14.8. The average Bonchev–Trinajstić information content (AvgIpc) is 2.43. The van der Waals surface area contributed by atoms with Crippen LogP contribution in [0.1, 0.15) is 5.56 Å². The fourth-order valence-corrected chi connectivity index (χ4v) is 3.00. The molecule has 0 aliphatic rings. The van der Waals surface area contributed by atoms with Crippen molar-refractivity contribution in [3.05, 3.63) is 53.1 Å². The lowest BCUT2D eigenvalue weighted by molar-refractivity contribution is 0.601. The van der Waals surface area contributed by atoms with Gasteiger partial charge in [-0.25, -0.2) is 8.42 Å². The molecule has 20 heavy (non-hydrogen) atoms. The summed E-state index contributed by atoms with van der Waals surface area (Å²) in [4.78, 5) is 0.205. The molecule has 0 bridgehead atoms. The Morgan fingerprint density at radius 2 is 1.70 bits per heavy atom. The Morgan fingerprint density at radius 1 is 1.05 bits per heavy atom. The average molecular weight is 311 g/mol. The highest BCUT2D eigenvalue weighted by molar-refractivity contribution is 7.92. The van der Waals surface area contributed by atoms with Crippen LogP contribution in [0.3, 0.4) is 0 Å². The lowest BCUT2D eigenvalue weighted by Gasteiger charge is -2.11. The summed E-state index contributed by atoms with van der Waals surface area (Å²) in [5, 5.41) is 3.42. The summed E-state index contributed by atoms with van der Waals surface area (Å²) < 4.78 is 27.1. The van der Waals surface area contributed by atoms with Crippen molar-refractivity contribution in [1.29, 1.82) is 0 Å². The number of benzene rings is 2. The molecule has 2 aromatic carbocycles. The Kier molecular flexibility index (Phi) is 4.20. The van der Waals surface area contributed by atoms with Gasteiger partial charge >= 0.3 is 0 Å². The highest BCUT2D eigenvalue weighted by atomic mass is 35.5. The van der Waals surface area contributed by atoms with Crippen molar-refractivity contribution in [3.8, 4) is 0 Å². The molecule has 0 saturated heterocycles. The molecule has 0 heterocycles. The zero-order valence-electron chi connectivity index (χ0n) is 11.1. The number of rotatable bonds is 4. The van der Waals surface area contributed by atoms with Gasteiger partial charge in [-0.15, -0.1) is 0 Å². The van der Waals surface area contributed by atoms with Crippen molar-refractivity contribution in [1.82, 2.24) is 0 Å². The minimum Gasteiger partial charge on any atom is -0.388 e. The van der Waals surface area contributed by atoms with E-state index in [-0.39, 0.29) is 4.90 Å². The molecular formula is C14H15ClN2O2S. The third kappa shape index (κ3) is 3.23. The maximum Gasteiger partial charge on any atom is 0.261 e. The Morgan fingerprint density at radius 3 is 2.30 bits per heavy atom. The van der Waals surface area contributed by atoms with Crippen molar-refractivity contribution in [2.24, 2.45) is 0 Å². The Bertz CT molecular complexity index is 712. The van der Waals surface area contributed by atoms with E-state index in [4.69, 9.17) is 11.6 Å². The van der Waals surface area contributed by atoms with Crippen LogP contribution in [0.4, 0.5) is 11.4 Å². The van der Waals surface area contributed by atoms with Crippen LogP contribution in [0.2, 0.25) is 5.02 Å². The normalized spacial score (nSPS) is 11.2. The van der Waals surface area contributed by atoms with Crippen LogP contribution in [0.15, 0.2) is 47.4 Å². The van der Waals surface area contributed by atoms with Crippen LogP contribution in [0, 0.1) is 6.92 Å². The predicted molar refractivity (Wildman–Crippen MR) is 83.0 cm³/mol. The van der Waals surface area contributed by atoms with Gasteiger partial charge < -0.3 is 5.32 Å². The molecule has 2 aromatic rings. The first kappa shape index (κ1) is 14.7. The zero-order valence-corrected chi connectivity index (χ0v) is 12.7. The number of sulfonamides is 1. The van der Waals surface area contributed by atoms with E-state index >= 15 is 0 Å². The van der Waals surface area contributed by atoms with Gasteiger partial charge in [0.1, 0.15) is 0 Å². The van der Waals surface area contributed by atoms with E-state index in [1.807, 2.05) is 6.92 Å². The smallest absolute Gasteiger partial charge is 0.261 e. The molecule has 4 nitrogen and oxygen atoms in total. The second-order valence-electron chi connectivity index (χ2n) is 4.34. The minimum absolute atomic E-state index is 0.205. The molecule has 0 atom stereocenters. The first-order chi connectivity index (χ1) is 9.42. The molecule has 0 saturated carbocycles. The van der Waals surface area contributed by atoms with Gasteiger partial charge in [-0.3, -0.25) is 4.72 Å². The van der Waals surface area contributed by atoms with E-state index in [0.29, 0.717) is 10.7 Å². The van der Waals surface area contributed by atoms with Gasteiger partial charge in [0.2, 0.25) is 0 Å². The van der Waals surface area contributed by atoms with E-state index in [2.05, 4.69) is 10.0 Å². The highest BCUT2D eigenvalue weighted by Gasteiger charge is 2.15. The lowest BCUT2D eigenvalue weighted by atomic mass is 10.2. The molecule has 2 N–H and O–H groups in total. The summed E-state index contributed by atoms with van der Waals surface area (Å²) in [6.07, 6.45) is 0. The van der Waals surface area contributed by atoms with Crippen LogP contribution >= 0.6 is 11.6 Å². The predicted octanol–water partition coefficient (Wildman–Crippen LogP) is 3.49. The third-order valence-electron chi connectivity index (χ3n) is 2.90. The van der Waals surface area contributed by atoms with Crippen LogP contribution in [-0.2, 0) is 10.0 Å². The van der Waals surface area contributed by atoms with Crippen molar-refractivity contribution in [3.63, 3.8) is 0 Å². The summed E-state index contributed by atoms with van der Waals surface area (Å²) >= 11 is 5.89. The standard InChI is InChI=1S/C14H15ClN2O2S/c1-10-3-4-11(15)9-14(10)17-20(18,19)13-7-5-12(16-2)6-8-13/h3-9,16-17H,1-2H3. The van der Waals surface area contributed by atoms with Crippen LogP contribution < -0.4 is 10.0 Å². The number of aryl methyl sites for hydroxylation is 1. The van der Waals surface area contributed by atoms with Gasteiger partial charge in [0.15, 0.2) is 0 Å². The van der Waals surface area contributed by atoms with Crippen molar-refractivity contribution < 1.29 is 8.42 Å². The molecule has 0 fully saturated rings. The topological polar surface area (TPSA) is 58.2 Å². The lowest BCUT2D eigenvalue weighted by Crippen LogP contribution is -2.13. The number of hydrogen-bond donors (Lipinski definition) is 2. The van der Waals surface area contributed by atoms with Gasteiger partial charge in [0, 0.05) is 17.8 Å². The third-order valence-corrected chi connectivity index (χ3v) is 4.51. The molecule has 0 aromatic heterocycles. The maximum atomic E-state index is 12.3. The van der Waals surface area contributed by atoms with Crippen molar-refractivity contribution >= 4 is 33.0 Å². The molecule has 106 valence electrons. The Hall–Kier alpha value is -1.72. The number of anilines is 2. The number of nitrogens with one attached hydrogen (secondary N) is 2. The number of hydrogen-bond acceptors (Lipinski definition) is 3. The van der Waals surface area contributed by atoms with Gasteiger partial charge in [-0.05, 0) is 48.9 Å². The highest BCUT2D eigenvalue weighted by Crippen LogP contribution is 2.23. The summed E-state index contributed by atoms with van der Waals surface area (Å²) in [5.41, 5.74) is 2.14. The van der Waals surface area contributed by atoms with Gasteiger partial charge in [0.25, 0.3) is 10.0 Å². The fourth-order valence-electron chi connectivity index (χ4n) is 1.71. The molecule has 0 aliphatic carbocycles. The molecule has 0 aliphatic heterocycles. The first-order valence-electron chi connectivity index (χ1n) is 5.99. The van der Waals surface area contributed by atoms with E-state index in [0.717, 1.165) is 11.3 Å². The molecule has 2 rings (SSSR count). The summed E-state index contributed by atoms with van der Waals surface area (Å²) in [6.45, 7) is 1.82. The van der Waals surface area contributed by atoms with Gasteiger partial charge in [-0.2, -0.15) is 0 Å². The first-order valence-corrected chi connectivity index (χ1v) is 7.85. The summed E-state index contributed by atoms with van der Waals surface area (Å²) in [6, 6.07) is 11.6. The molecular weight excluding hydrogens is 296 g/mol. The molecule has 0 amide bonds. The quantitative estimate of drug-likeness (QED) is 0.909. The monoisotopic (exact) mass is 310 g/mol. The molecule has 0 radical (unpaired) electrons. The molecule has 0 spiro atoms. The number of halogens is 1. The molecule has 6 heteroatoms. The Labute approximate surface area is 123 Å². The van der Waals surface area contributed by atoms with E-state index in [1.54, 1.807) is 49.5 Å². The maximum absolute atomic E-state index is 12.3. The Balaban J connectivity index is 2.32. The van der Waals surface area contributed by atoms with Gasteiger partial charge in [-0.1, -0.05) is 17.7 Å². The van der Waals surface area contributed by atoms with Crippen molar-refractivity contribution in [2.45, 2.75) is 11.8 Å².